The van der Waals surface area contributed by atoms with Crippen LogP contribution in [0.3, 0.4) is 0 Å². The smallest absolute Gasteiger partial charge is 0.429 e. The lowest BCUT2D eigenvalue weighted by molar-refractivity contribution is 0.00130. The lowest BCUT2D eigenvalue weighted by Crippen LogP contribution is -2.42. The van der Waals surface area contributed by atoms with Gasteiger partial charge in [0, 0.05) is 10.7 Å². The van der Waals surface area contributed by atoms with Crippen LogP contribution in [0.25, 0.3) is 0 Å². The zero-order valence-electron chi connectivity index (χ0n) is 10.4. The van der Waals surface area contributed by atoms with Crippen molar-refractivity contribution in [2.24, 2.45) is 0 Å². The van der Waals surface area contributed by atoms with Crippen molar-refractivity contribution in [3.8, 4) is 0 Å². The third-order valence-corrected chi connectivity index (χ3v) is 2.99. The van der Waals surface area contributed by atoms with Crippen LogP contribution in [-0.4, -0.2) is 31.5 Å². The second kappa shape index (κ2) is 5.48. The van der Waals surface area contributed by atoms with Crippen LogP contribution in [0.5, 0.6) is 0 Å². The van der Waals surface area contributed by atoms with Crippen molar-refractivity contribution in [1.29, 1.82) is 0 Å². The maximum atomic E-state index is 11.3. The molecule has 4 nitrogen and oxygen atoms in total. The number of rotatable bonds is 1. The minimum Gasteiger partial charge on any atom is -0.429 e. The van der Waals surface area contributed by atoms with Gasteiger partial charge in [-0.05, 0) is 38.1 Å². The number of hydrogen-bond donors (Lipinski definition) is 0. The van der Waals surface area contributed by atoms with Crippen LogP contribution < -0.4 is 4.90 Å². The molecule has 1 heterocycles. The highest BCUT2D eigenvalue weighted by atomic mass is 35.5. The Hall–Kier alpha value is -1.42. The Labute approximate surface area is 111 Å². The van der Waals surface area contributed by atoms with Gasteiger partial charge in [0.15, 0.2) is 0 Å². The van der Waals surface area contributed by atoms with Gasteiger partial charge in [-0.3, -0.25) is 0 Å². The number of hydrogen-bond acceptors (Lipinski definition) is 4. The van der Waals surface area contributed by atoms with Crippen LogP contribution in [0.1, 0.15) is 13.8 Å². The van der Waals surface area contributed by atoms with Crippen LogP contribution in [0.15, 0.2) is 24.3 Å². The van der Waals surface area contributed by atoms with Crippen LogP contribution in [-0.2, 0) is 9.47 Å². The standard InChI is InChI=1S/C13H16ClNO3/c1-9-7-15(8-10(2)18-13(16)17-9)12-5-3-11(14)4-6-12/h3-6,9-10H,7-8H2,1-2H3/t9-,10+. The highest BCUT2D eigenvalue weighted by Crippen LogP contribution is 2.20. The molecule has 2 rings (SSSR count). The van der Waals surface area contributed by atoms with Crippen molar-refractivity contribution < 1.29 is 14.3 Å². The molecule has 0 aromatic heterocycles. The normalized spacial score (nSPS) is 24.8. The predicted octanol–water partition coefficient (Wildman–Crippen LogP) is 3.09. The first-order valence-electron chi connectivity index (χ1n) is 5.92. The summed E-state index contributed by atoms with van der Waals surface area (Å²) in [5.74, 6) is 0. The SMILES string of the molecule is C[C@@H]1CN(c2ccc(Cl)cc2)C[C@H](C)OC(=O)O1. The van der Waals surface area contributed by atoms with Gasteiger partial charge in [-0.15, -0.1) is 0 Å². The summed E-state index contributed by atoms with van der Waals surface area (Å²) >= 11 is 5.87. The Morgan fingerprint density at radius 2 is 1.61 bits per heavy atom. The van der Waals surface area contributed by atoms with Gasteiger partial charge in [-0.25, -0.2) is 4.79 Å². The van der Waals surface area contributed by atoms with E-state index in [-0.39, 0.29) is 12.2 Å². The van der Waals surface area contributed by atoms with Crippen molar-refractivity contribution in [3.05, 3.63) is 29.3 Å². The molecule has 1 aromatic rings. The van der Waals surface area contributed by atoms with Crippen LogP contribution in [0.2, 0.25) is 5.02 Å². The van der Waals surface area contributed by atoms with Crippen molar-refractivity contribution in [1.82, 2.24) is 0 Å². The van der Waals surface area contributed by atoms with Crippen molar-refractivity contribution in [2.45, 2.75) is 26.1 Å². The minimum absolute atomic E-state index is 0.208. The van der Waals surface area contributed by atoms with Gasteiger partial charge >= 0.3 is 6.16 Å². The van der Waals surface area contributed by atoms with Gasteiger partial charge in [-0.1, -0.05) is 11.6 Å². The first kappa shape index (κ1) is 13.0. The van der Waals surface area contributed by atoms with Gasteiger partial charge < -0.3 is 14.4 Å². The molecule has 5 heteroatoms. The number of halogens is 1. The molecule has 1 aliphatic rings. The molecule has 0 bridgehead atoms. The number of ether oxygens (including phenoxy) is 2. The molecule has 0 radical (unpaired) electrons. The Kier molecular flexibility index (Phi) is 3.97. The molecule has 18 heavy (non-hydrogen) atoms. The molecule has 0 unspecified atom stereocenters. The van der Waals surface area contributed by atoms with Crippen LogP contribution in [0, 0.1) is 0 Å². The molecule has 1 aliphatic heterocycles. The van der Waals surface area contributed by atoms with Crippen molar-refractivity contribution in [2.75, 3.05) is 18.0 Å². The summed E-state index contributed by atoms with van der Waals surface area (Å²) in [4.78, 5) is 13.4. The molecule has 2 atom stereocenters. The van der Waals surface area contributed by atoms with E-state index in [4.69, 9.17) is 21.1 Å². The van der Waals surface area contributed by atoms with Crippen molar-refractivity contribution in [3.63, 3.8) is 0 Å². The van der Waals surface area contributed by atoms with E-state index in [0.717, 1.165) is 5.69 Å². The summed E-state index contributed by atoms with van der Waals surface area (Å²) in [6.45, 7) is 4.97. The number of cyclic esters (lactones) is 2. The number of nitrogens with zero attached hydrogens (tertiary/aromatic N) is 1. The fourth-order valence-corrected chi connectivity index (χ4v) is 2.11. The quantitative estimate of drug-likeness (QED) is 0.735. The average Bonchev–Trinajstić information content (AvgIpc) is 2.26. The van der Waals surface area contributed by atoms with Crippen LogP contribution >= 0.6 is 11.6 Å². The predicted molar refractivity (Wildman–Crippen MR) is 70.2 cm³/mol. The van der Waals surface area contributed by atoms with Crippen LogP contribution in [0.4, 0.5) is 10.5 Å². The average molecular weight is 270 g/mol. The van der Waals surface area contributed by atoms with Crippen molar-refractivity contribution >= 4 is 23.4 Å². The van der Waals surface area contributed by atoms with Gasteiger partial charge in [0.25, 0.3) is 0 Å². The molecule has 1 saturated heterocycles. The zero-order valence-corrected chi connectivity index (χ0v) is 11.2. The summed E-state index contributed by atoms with van der Waals surface area (Å²) in [6, 6.07) is 7.59. The molecule has 0 amide bonds. The molecule has 98 valence electrons. The van der Waals surface area contributed by atoms with E-state index in [1.54, 1.807) is 0 Å². The lowest BCUT2D eigenvalue weighted by atomic mass is 10.2. The summed E-state index contributed by atoms with van der Waals surface area (Å²) in [5, 5.41) is 0.703. The van der Waals surface area contributed by atoms with E-state index in [9.17, 15) is 4.79 Å². The maximum absolute atomic E-state index is 11.3. The fourth-order valence-electron chi connectivity index (χ4n) is 1.99. The first-order chi connectivity index (χ1) is 8.54. The molecule has 0 spiro atoms. The largest absolute Gasteiger partial charge is 0.508 e. The Morgan fingerprint density at radius 1 is 1.11 bits per heavy atom. The molecule has 1 aromatic carbocycles. The summed E-state index contributed by atoms with van der Waals surface area (Å²) < 4.78 is 10.2. The fraction of sp³-hybridized carbons (Fsp3) is 0.462. The van der Waals surface area contributed by atoms with Gasteiger partial charge in [-0.2, -0.15) is 0 Å². The molecule has 0 N–H and O–H groups in total. The third-order valence-electron chi connectivity index (χ3n) is 2.74. The third kappa shape index (κ3) is 3.29. The second-order valence-electron chi connectivity index (χ2n) is 4.49. The Bertz CT molecular complexity index is 405. The number of carbonyl (C=O) groups excluding carboxylic acids is 1. The summed E-state index contributed by atoms with van der Waals surface area (Å²) in [5.41, 5.74) is 1.04. The molecule has 0 aliphatic carbocycles. The van der Waals surface area contributed by atoms with E-state index < -0.39 is 6.16 Å². The highest BCUT2D eigenvalue weighted by Gasteiger charge is 2.23. The van der Waals surface area contributed by atoms with Gasteiger partial charge in [0.05, 0.1) is 13.1 Å². The number of anilines is 1. The molecular formula is C13H16ClNO3. The Morgan fingerprint density at radius 3 is 2.11 bits per heavy atom. The Balaban J connectivity index is 2.15. The summed E-state index contributed by atoms with van der Waals surface area (Å²) in [6.07, 6.45) is -1.01. The molecule has 0 saturated carbocycles. The van der Waals surface area contributed by atoms with E-state index in [2.05, 4.69) is 4.90 Å². The second-order valence-corrected chi connectivity index (χ2v) is 4.92. The summed E-state index contributed by atoms with van der Waals surface area (Å²) in [7, 11) is 0. The molecular weight excluding hydrogens is 254 g/mol. The number of carbonyl (C=O) groups is 1. The minimum atomic E-state index is -0.592. The van der Waals surface area contributed by atoms with Gasteiger partial charge in [0.2, 0.25) is 0 Å². The molecule has 1 fully saturated rings. The maximum Gasteiger partial charge on any atom is 0.508 e. The van der Waals surface area contributed by atoms with E-state index >= 15 is 0 Å². The topological polar surface area (TPSA) is 38.8 Å². The van der Waals surface area contributed by atoms with E-state index in [0.29, 0.717) is 18.1 Å². The first-order valence-corrected chi connectivity index (χ1v) is 6.30. The lowest BCUT2D eigenvalue weighted by Gasteiger charge is -2.32. The van der Waals surface area contributed by atoms with E-state index in [1.165, 1.54) is 0 Å². The van der Waals surface area contributed by atoms with E-state index in [1.807, 2.05) is 38.1 Å². The zero-order chi connectivity index (χ0) is 13.1. The highest BCUT2D eigenvalue weighted by molar-refractivity contribution is 6.30. The number of benzene rings is 1. The van der Waals surface area contributed by atoms with Gasteiger partial charge in [0.1, 0.15) is 12.2 Å². The monoisotopic (exact) mass is 269 g/mol.